The van der Waals surface area contributed by atoms with Crippen LogP contribution in [0.3, 0.4) is 0 Å². The second-order valence-corrected chi connectivity index (χ2v) is 6.60. The number of amides is 1. The van der Waals surface area contributed by atoms with Gasteiger partial charge in [-0.1, -0.05) is 6.07 Å². The normalized spacial score (nSPS) is 12.6. The summed E-state index contributed by atoms with van der Waals surface area (Å²) < 4.78 is 15.9. The van der Waals surface area contributed by atoms with Crippen LogP contribution >= 0.6 is 0 Å². The molecule has 25 heavy (non-hydrogen) atoms. The number of ether oxygens (including phenoxy) is 3. The van der Waals surface area contributed by atoms with Gasteiger partial charge in [0.15, 0.2) is 11.5 Å². The van der Waals surface area contributed by atoms with Gasteiger partial charge in [-0.15, -0.1) is 0 Å². The van der Waals surface area contributed by atoms with Gasteiger partial charge in [0.1, 0.15) is 11.4 Å². The van der Waals surface area contributed by atoms with E-state index in [9.17, 15) is 4.79 Å². The van der Waals surface area contributed by atoms with Crippen molar-refractivity contribution in [1.82, 2.24) is 4.98 Å². The summed E-state index contributed by atoms with van der Waals surface area (Å²) >= 11 is 0. The minimum absolute atomic E-state index is 0.264. The summed E-state index contributed by atoms with van der Waals surface area (Å²) in [4.78, 5) is 16.0. The van der Waals surface area contributed by atoms with Crippen molar-refractivity contribution in [3.63, 3.8) is 0 Å². The van der Waals surface area contributed by atoms with Crippen LogP contribution < -0.4 is 20.1 Å². The number of hydrogen-bond acceptors (Lipinski definition) is 6. The maximum absolute atomic E-state index is 11.7. The highest BCUT2D eigenvalue weighted by molar-refractivity contribution is 5.84. The van der Waals surface area contributed by atoms with E-state index >= 15 is 0 Å². The Morgan fingerprint density at radius 3 is 2.72 bits per heavy atom. The molecule has 7 heteroatoms. The standard InChI is InChI=1S/C18H21N3O4/c1-18(2,3)25-17(22)21-13-5-7-16(20-10-13)19-9-12-4-6-14-15(8-12)24-11-23-14/h4-8,10H,9,11H2,1-3H3,(H,19,20)(H,21,22). The molecule has 2 aromatic rings. The molecule has 2 heterocycles. The molecule has 7 nitrogen and oxygen atoms in total. The van der Waals surface area contributed by atoms with E-state index < -0.39 is 11.7 Å². The number of carbonyl (C=O) groups excluding carboxylic acids is 1. The molecule has 1 amide bonds. The molecule has 0 aliphatic carbocycles. The number of hydrogen-bond donors (Lipinski definition) is 2. The molecular formula is C18H21N3O4. The lowest BCUT2D eigenvalue weighted by atomic mass is 10.2. The van der Waals surface area contributed by atoms with Crippen LogP contribution in [0.2, 0.25) is 0 Å². The number of nitrogens with one attached hydrogen (secondary N) is 2. The largest absolute Gasteiger partial charge is 0.454 e. The zero-order valence-corrected chi connectivity index (χ0v) is 14.5. The smallest absolute Gasteiger partial charge is 0.412 e. The number of anilines is 2. The van der Waals surface area contributed by atoms with Crippen molar-refractivity contribution in [3.05, 3.63) is 42.1 Å². The first-order chi connectivity index (χ1) is 11.9. The van der Waals surface area contributed by atoms with E-state index in [1.807, 2.05) is 39.0 Å². The minimum Gasteiger partial charge on any atom is -0.454 e. The van der Waals surface area contributed by atoms with Crippen molar-refractivity contribution < 1.29 is 19.0 Å². The molecule has 0 radical (unpaired) electrons. The Kier molecular flexibility index (Phi) is 4.65. The van der Waals surface area contributed by atoms with Gasteiger partial charge in [0.05, 0.1) is 11.9 Å². The number of fused-ring (bicyclic) bond motifs is 1. The number of rotatable bonds is 4. The third-order valence-electron chi connectivity index (χ3n) is 3.32. The molecule has 1 aliphatic heterocycles. The predicted molar refractivity (Wildman–Crippen MR) is 94.0 cm³/mol. The first-order valence-corrected chi connectivity index (χ1v) is 7.97. The quantitative estimate of drug-likeness (QED) is 0.879. The topological polar surface area (TPSA) is 81.7 Å². The fourth-order valence-electron chi connectivity index (χ4n) is 2.24. The van der Waals surface area contributed by atoms with E-state index in [-0.39, 0.29) is 6.79 Å². The van der Waals surface area contributed by atoms with Gasteiger partial charge < -0.3 is 19.5 Å². The van der Waals surface area contributed by atoms with Gasteiger partial charge >= 0.3 is 6.09 Å². The average molecular weight is 343 g/mol. The zero-order chi connectivity index (χ0) is 17.9. The summed E-state index contributed by atoms with van der Waals surface area (Å²) in [5, 5.41) is 5.87. The molecule has 1 aromatic heterocycles. The van der Waals surface area contributed by atoms with Gasteiger partial charge in [-0.2, -0.15) is 0 Å². The Bertz CT molecular complexity index is 754. The third kappa shape index (κ3) is 4.76. The molecule has 0 spiro atoms. The molecule has 132 valence electrons. The molecule has 0 fully saturated rings. The van der Waals surface area contributed by atoms with Crippen LogP contribution in [0.15, 0.2) is 36.5 Å². The molecule has 0 saturated carbocycles. The molecule has 2 N–H and O–H groups in total. The minimum atomic E-state index is -0.538. The molecule has 0 saturated heterocycles. The maximum atomic E-state index is 11.7. The van der Waals surface area contributed by atoms with E-state index in [1.54, 1.807) is 18.3 Å². The van der Waals surface area contributed by atoms with Crippen LogP contribution in [0.25, 0.3) is 0 Å². The van der Waals surface area contributed by atoms with Crippen molar-refractivity contribution in [2.24, 2.45) is 0 Å². The van der Waals surface area contributed by atoms with E-state index in [4.69, 9.17) is 14.2 Å². The first kappa shape index (κ1) is 16.9. The van der Waals surface area contributed by atoms with Gasteiger partial charge in [0.2, 0.25) is 6.79 Å². The summed E-state index contributed by atoms with van der Waals surface area (Å²) in [5.41, 5.74) is 1.09. The summed E-state index contributed by atoms with van der Waals surface area (Å²) in [6.45, 7) is 6.30. The van der Waals surface area contributed by atoms with E-state index in [1.165, 1.54) is 0 Å². The lowest BCUT2D eigenvalue weighted by molar-refractivity contribution is 0.0636. The Hall–Kier alpha value is -2.96. The van der Waals surface area contributed by atoms with E-state index in [0.717, 1.165) is 17.1 Å². The van der Waals surface area contributed by atoms with Crippen LogP contribution in [0.1, 0.15) is 26.3 Å². The highest BCUT2D eigenvalue weighted by Crippen LogP contribution is 2.32. The molecule has 0 atom stereocenters. The highest BCUT2D eigenvalue weighted by Gasteiger charge is 2.16. The van der Waals surface area contributed by atoms with Crippen molar-refractivity contribution >= 4 is 17.6 Å². The van der Waals surface area contributed by atoms with Gasteiger partial charge in [-0.05, 0) is 50.6 Å². The summed E-state index contributed by atoms with van der Waals surface area (Å²) in [7, 11) is 0. The van der Waals surface area contributed by atoms with Crippen LogP contribution in [0.4, 0.5) is 16.3 Å². The first-order valence-electron chi connectivity index (χ1n) is 7.97. The van der Waals surface area contributed by atoms with E-state index in [0.29, 0.717) is 18.1 Å². The molecule has 1 aliphatic rings. The number of nitrogens with zero attached hydrogens (tertiary/aromatic N) is 1. The molecular weight excluding hydrogens is 322 g/mol. The summed E-state index contributed by atoms with van der Waals surface area (Å²) in [6, 6.07) is 9.35. The number of aromatic nitrogens is 1. The molecule has 0 bridgehead atoms. The van der Waals surface area contributed by atoms with Crippen LogP contribution in [-0.2, 0) is 11.3 Å². The fourth-order valence-corrected chi connectivity index (χ4v) is 2.24. The maximum Gasteiger partial charge on any atom is 0.412 e. The van der Waals surface area contributed by atoms with Crippen LogP contribution in [-0.4, -0.2) is 23.5 Å². The Morgan fingerprint density at radius 2 is 2.00 bits per heavy atom. The Labute approximate surface area is 146 Å². The SMILES string of the molecule is CC(C)(C)OC(=O)Nc1ccc(NCc2ccc3c(c2)OCO3)nc1. The number of pyridine rings is 1. The molecule has 3 rings (SSSR count). The number of benzene rings is 1. The summed E-state index contributed by atoms with van der Waals surface area (Å²) in [5.74, 6) is 2.22. The van der Waals surface area contributed by atoms with Gasteiger partial charge in [-0.3, -0.25) is 5.32 Å². The van der Waals surface area contributed by atoms with Crippen LogP contribution in [0, 0.1) is 0 Å². The average Bonchev–Trinajstić information content (AvgIpc) is 3.00. The summed E-state index contributed by atoms with van der Waals surface area (Å²) in [6.07, 6.45) is 1.07. The molecule has 1 aromatic carbocycles. The predicted octanol–water partition coefficient (Wildman–Crippen LogP) is 3.77. The van der Waals surface area contributed by atoms with E-state index in [2.05, 4.69) is 15.6 Å². The number of carbonyl (C=O) groups is 1. The zero-order valence-electron chi connectivity index (χ0n) is 14.5. The van der Waals surface area contributed by atoms with Crippen molar-refractivity contribution in [3.8, 4) is 11.5 Å². The van der Waals surface area contributed by atoms with Crippen LogP contribution in [0.5, 0.6) is 11.5 Å². The lowest BCUT2D eigenvalue weighted by Crippen LogP contribution is -2.27. The van der Waals surface area contributed by atoms with Crippen molar-refractivity contribution in [2.45, 2.75) is 32.9 Å². The molecule has 0 unspecified atom stereocenters. The van der Waals surface area contributed by atoms with Crippen molar-refractivity contribution in [2.75, 3.05) is 17.4 Å². The van der Waals surface area contributed by atoms with Gasteiger partial charge in [-0.25, -0.2) is 9.78 Å². The lowest BCUT2D eigenvalue weighted by Gasteiger charge is -2.19. The highest BCUT2D eigenvalue weighted by atomic mass is 16.7. The third-order valence-corrected chi connectivity index (χ3v) is 3.32. The van der Waals surface area contributed by atoms with Crippen molar-refractivity contribution in [1.29, 1.82) is 0 Å². The monoisotopic (exact) mass is 343 g/mol. The Morgan fingerprint density at radius 1 is 1.20 bits per heavy atom. The second-order valence-electron chi connectivity index (χ2n) is 6.60. The fraction of sp³-hybridized carbons (Fsp3) is 0.333. The Balaban J connectivity index is 1.53. The second kappa shape index (κ2) is 6.88. The van der Waals surface area contributed by atoms with Gasteiger partial charge in [0.25, 0.3) is 0 Å². The van der Waals surface area contributed by atoms with Gasteiger partial charge in [0, 0.05) is 6.54 Å².